The van der Waals surface area contributed by atoms with Gasteiger partial charge in [-0.05, 0) is 97.0 Å². The second-order valence-corrected chi connectivity index (χ2v) is 11.0. The summed E-state index contributed by atoms with van der Waals surface area (Å²) >= 11 is 0. The van der Waals surface area contributed by atoms with E-state index in [-0.39, 0.29) is 0 Å². The summed E-state index contributed by atoms with van der Waals surface area (Å²) in [5.41, 5.74) is 8.26. The maximum Gasteiger partial charge on any atom is 0.0468 e. The molecule has 0 aliphatic rings. The van der Waals surface area contributed by atoms with Crippen molar-refractivity contribution < 1.29 is 0 Å². The Bertz CT molecular complexity index is 2220. The normalized spacial score (nSPS) is 11.3. The molecule has 1 heteroatoms. The Morgan fingerprint density at radius 2 is 0.814 bits per heavy atom. The van der Waals surface area contributed by atoms with Crippen LogP contribution in [-0.2, 0) is 0 Å². The molecule has 0 bridgehead atoms. The highest BCUT2D eigenvalue weighted by Crippen LogP contribution is 2.39. The van der Waals surface area contributed by atoms with Gasteiger partial charge in [-0.1, -0.05) is 133 Å². The summed E-state index contributed by atoms with van der Waals surface area (Å²) in [6.45, 7) is 0. The first-order valence-corrected chi connectivity index (χ1v) is 14.8. The minimum Gasteiger partial charge on any atom is -0.310 e. The third-order valence-electron chi connectivity index (χ3n) is 8.41. The van der Waals surface area contributed by atoms with Crippen molar-refractivity contribution in [3.8, 4) is 22.3 Å². The molecule has 0 fully saturated rings. The lowest BCUT2D eigenvalue weighted by Crippen LogP contribution is -2.09. The van der Waals surface area contributed by atoms with Crippen LogP contribution in [0.4, 0.5) is 17.1 Å². The van der Waals surface area contributed by atoms with E-state index >= 15 is 0 Å². The average molecular weight is 548 g/mol. The predicted octanol–water partition coefficient (Wildman–Crippen LogP) is 11.9. The number of para-hydroxylation sites is 1. The van der Waals surface area contributed by atoms with E-state index in [0.29, 0.717) is 0 Å². The van der Waals surface area contributed by atoms with Crippen molar-refractivity contribution in [1.82, 2.24) is 0 Å². The Hall–Kier alpha value is -5.66. The lowest BCUT2D eigenvalue weighted by atomic mass is 9.96. The standard InChI is InChI=1S/C42H29N/c1-3-10-30(11-4-1)34-13-9-14-35(28-34)31-22-24-38(25-23-31)43(37-15-5-2-6-16-37)39-26-27-41-36(29-39)21-20-33-19-18-32-12-7-8-17-40(32)42(33)41/h1-29H. The SMILES string of the molecule is c1ccc(-c2cccc(-c3ccc(N(c4ccccc4)c4ccc5c(ccc6ccc7ccccc7c65)c4)cc3)c2)cc1. The third-order valence-corrected chi connectivity index (χ3v) is 8.41. The monoisotopic (exact) mass is 547 g/mol. The Balaban J connectivity index is 1.22. The van der Waals surface area contributed by atoms with Gasteiger partial charge in [0.1, 0.15) is 0 Å². The minimum absolute atomic E-state index is 1.12. The van der Waals surface area contributed by atoms with Crippen LogP contribution >= 0.6 is 0 Å². The molecule has 0 aliphatic heterocycles. The highest BCUT2D eigenvalue weighted by molar-refractivity contribution is 6.20. The second kappa shape index (κ2) is 10.6. The van der Waals surface area contributed by atoms with Crippen molar-refractivity contribution in [2.75, 3.05) is 4.90 Å². The summed E-state index contributed by atoms with van der Waals surface area (Å²) in [7, 11) is 0. The summed E-state index contributed by atoms with van der Waals surface area (Å²) in [5.74, 6) is 0. The number of rotatable bonds is 5. The van der Waals surface area contributed by atoms with E-state index in [2.05, 4.69) is 181 Å². The van der Waals surface area contributed by atoms with E-state index in [0.717, 1.165) is 17.1 Å². The van der Waals surface area contributed by atoms with Crippen LogP contribution in [0, 0.1) is 0 Å². The van der Waals surface area contributed by atoms with Crippen molar-refractivity contribution in [1.29, 1.82) is 0 Å². The van der Waals surface area contributed by atoms with Crippen molar-refractivity contribution in [2.24, 2.45) is 0 Å². The summed E-state index contributed by atoms with van der Waals surface area (Å²) < 4.78 is 0. The van der Waals surface area contributed by atoms with E-state index in [1.54, 1.807) is 0 Å². The maximum atomic E-state index is 2.34. The van der Waals surface area contributed by atoms with Crippen LogP contribution in [0.2, 0.25) is 0 Å². The molecule has 0 unspecified atom stereocenters. The van der Waals surface area contributed by atoms with Crippen LogP contribution in [0.25, 0.3) is 54.6 Å². The van der Waals surface area contributed by atoms with Gasteiger partial charge in [0.25, 0.3) is 0 Å². The van der Waals surface area contributed by atoms with Gasteiger partial charge in [-0.25, -0.2) is 0 Å². The molecule has 0 amide bonds. The lowest BCUT2D eigenvalue weighted by molar-refractivity contribution is 1.29. The topological polar surface area (TPSA) is 3.24 Å². The van der Waals surface area contributed by atoms with Gasteiger partial charge in [0, 0.05) is 17.1 Å². The molecule has 0 saturated carbocycles. The Morgan fingerprint density at radius 1 is 0.279 bits per heavy atom. The van der Waals surface area contributed by atoms with Gasteiger partial charge in [0.2, 0.25) is 0 Å². The number of hydrogen-bond acceptors (Lipinski definition) is 1. The first-order valence-electron chi connectivity index (χ1n) is 14.8. The summed E-state index contributed by atoms with van der Waals surface area (Å²) in [6.07, 6.45) is 0. The molecule has 0 radical (unpaired) electrons. The summed E-state index contributed by atoms with van der Waals surface area (Å²) in [4.78, 5) is 2.34. The van der Waals surface area contributed by atoms with Crippen molar-refractivity contribution in [3.63, 3.8) is 0 Å². The first kappa shape index (κ1) is 25.1. The molecule has 8 aromatic rings. The van der Waals surface area contributed by atoms with Gasteiger partial charge in [-0.15, -0.1) is 0 Å². The highest BCUT2D eigenvalue weighted by Gasteiger charge is 2.14. The van der Waals surface area contributed by atoms with E-state index in [9.17, 15) is 0 Å². The number of nitrogens with zero attached hydrogens (tertiary/aromatic N) is 1. The van der Waals surface area contributed by atoms with Gasteiger partial charge < -0.3 is 4.90 Å². The van der Waals surface area contributed by atoms with E-state index in [4.69, 9.17) is 0 Å². The van der Waals surface area contributed by atoms with Gasteiger partial charge in [-0.2, -0.15) is 0 Å². The Labute approximate surface area is 251 Å². The molecule has 0 atom stereocenters. The summed E-state index contributed by atoms with van der Waals surface area (Å²) in [6, 6.07) is 63.4. The van der Waals surface area contributed by atoms with E-state index < -0.39 is 0 Å². The van der Waals surface area contributed by atoms with Crippen LogP contribution < -0.4 is 4.90 Å². The van der Waals surface area contributed by atoms with Crippen molar-refractivity contribution in [2.45, 2.75) is 0 Å². The fourth-order valence-electron chi connectivity index (χ4n) is 6.30. The molecular weight excluding hydrogens is 518 g/mol. The largest absolute Gasteiger partial charge is 0.310 e. The molecule has 1 nitrogen and oxygen atoms in total. The highest BCUT2D eigenvalue weighted by atomic mass is 15.1. The number of benzene rings is 8. The third kappa shape index (κ3) is 4.62. The molecule has 8 rings (SSSR count). The Morgan fingerprint density at radius 3 is 1.58 bits per heavy atom. The molecule has 202 valence electrons. The van der Waals surface area contributed by atoms with Crippen LogP contribution in [-0.4, -0.2) is 0 Å². The smallest absolute Gasteiger partial charge is 0.0468 e. The molecule has 8 aromatic carbocycles. The quantitative estimate of drug-likeness (QED) is 0.194. The predicted molar refractivity (Wildman–Crippen MR) is 185 cm³/mol. The van der Waals surface area contributed by atoms with Gasteiger partial charge in [-0.3, -0.25) is 0 Å². The fourth-order valence-corrected chi connectivity index (χ4v) is 6.30. The minimum atomic E-state index is 1.12. The van der Waals surface area contributed by atoms with Gasteiger partial charge >= 0.3 is 0 Å². The second-order valence-electron chi connectivity index (χ2n) is 11.0. The summed E-state index contributed by atoms with van der Waals surface area (Å²) in [5, 5.41) is 7.66. The van der Waals surface area contributed by atoms with Crippen molar-refractivity contribution in [3.05, 3.63) is 176 Å². The van der Waals surface area contributed by atoms with Crippen LogP contribution in [0.5, 0.6) is 0 Å². The molecule has 0 saturated heterocycles. The molecule has 0 aliphatic carbocycles. The zero-order valence-corrected chi connectivity index (χ0v) is 23.7. The van der Waals surface area contributed by atoms with Crippen molar-refractivity contribution >= 4 is 49.4 Å². The number of anilines is 3. The zero-order valence-electron chi connectivity index (χ0n) is 23.7. The number of fused-ring (bicyclic) bond motifs is 5. The van der Waals surface area contributed by atoms with E-state index in [1.807, 2.05) is 0 Å². The van der Waals surface area contributed by atoms with Crippen LogP contribution in [0.15, 0.2) is 176 Å². The average Bonchev–Trinajstić information content (AvgIpc) is 3.09. The molecule has 43 heavy (non-hydrogen) atoms. The van der Waals surface area contributed by atoms with Gasteiger partial charge in [0.15, 0.2) is 0 Å². The molecule has 0 spiro atoms. The molecule has 0 heterocycles. The zero-order chi connectivity index (χ0) is 28.6. The first-order chi connectivity index (χ1) is 21.3. The molecular formula is C42H29N. The maximum absolute atomic E-state index is 2.34. The van der Waals surface area contributed by atoms with Crippen LogP contribution in [0.1, 0.15) is 0 Å². The fraction of sp³-hybridized carbons (Fsp3) is 0. The van der Waals surface area contributed by atoms with E-state index in [1.165, 1.54) is 54.6 Å². The molecule has 0 N–H and O–H groups in total. The van der Waals surface area contributed by atoms with Gasteiger partial charge in [0.05, 0.1) is 0 Å². The van der Waals surface area contributed by atoms with Crippen LogP contribution in [0.3, 0.4) is 0 Å². The molecule has 0 aromatic heterocycles. The number of hydrogen-bond donors (Lipinski definition) is 0. The lowest BCUT2D eigenvalue weighted by Gasteiger charge is -2.26. The Kier molecular flexibility index (Phi) is 6.20.